The van der Waals surface area contributed by atoms with E-state index in [4.69, 9.17) is 4.74 Å². The Labute approximate surface area is 120 Å². The van der Waals surface area contributed by atoms with Crippen LogP contribution in [0.2, 0.25) is 0 Å². The van der Waals surface area contributed by atoms with Gasteiger partial charge in [-0.2, -0.15) is 0 Å². The molecule has 6 heteroatoms. The van der Waals surface area contributed by atoms with E-state index in [1.807, 2.05) is 0 Å². The van der Waals surface area contributed by atoms with Crippen LogP contribution in [0.5, 0.6) is 5.75 Å². The molecule has 0 unspecified atom stereocenters. The molecule has 21 heavy (non-hydrogen) atoms. The number of ketones is 2. The first-order valence-electron chi connectivity index (χ1n) is 6.07. The second-order valence-corrected chi connectivity index (χ2v) is 4.50. The Bertz CT molecular complexity index is 711. The maximum Gasteiger partial charge on any atom is 0.338 e. The van der Waals surface area contributed by atoms with Gasteiger partial charge < -0.3 is 9.47 Å². The largest absolute Gasteiger partial charge is 0.465 e. The first-order valence-corrected chi connectivity index (χ1v) is 6.07. The number of methoxy groups -OCH3 is 1. The summed E-state index contributed by atoms with van der Waals surface area (Å²) >= 11 is 0. The number of benzene rings is 1. The van der Waals surface area contributed by atoms with Crippen molar-refractivity contribution in [3.63, 3.8) is 0 Å². The SMILES string of the molecule is COC(=O)c1cc(OC(C)=O)c2c(c1)C(=O)C(C)=CC2=O. The zero-order valence-electron chi connectivity index (χ0n) is 11.7. The lowest BCUT2D eigenvalue weighted by atomic mass is 9.88. The number of allylic oxidation sites excluding steroid dienone is 2. The molecule has 0 radical (unpaired) electrons. The molecule has 0 fully saturated rings. The molecular formula is C15H12O6. The van der Waals surface area contributed by atoms with Crippen LogP contribution in [0.3, 0.4) is 0 Å². The van der Waals surface area contributed by atoms with Crippen LogP contribution < -0.4 is 4.74 Å². The number of ether oxygens (including phenoxy) is 2. The van der Waals surface area contributed by atoms with Crippen LogP contribution >= 0.6 is 0 Å². The van der Waals surface area contributed by atoms with Gasteiger partial charge in [0.05, 0.1) is 18.2 Å². The number of Topliss-reactive ketones (excluding diaryl/α,β-unsaturated/α-hetero) is 1. The van der Waals surface area contributed by atoms with Crippen LogP contribution in [-0.2, 0) is 9.53 Å². The number of rotatable bonds is 2. The van der Waals surface area contributed by atoms with E-state index in [2.05, 4.69) is 4.74 Å². The van der Waals surface area contributed by atoms with Crippen LogP contribution in [0, 0.1) is 0 Å². The van der Waals surface area contributed by atoms with Crippen LogP contribution in [0.15, 0.2) is 23.8 Å². The third kappa shape index (κ3) is 2.60. The summed E-state index contributed by atoms with van der Waals surface area (Å²) in [5.74, 6) is -2.33. The molecule has 1 aromatic carbocycles. The molecule has 0 saturated heterocycles. The molecule has 0 aliphatic heterocycles. The molecule has 108 valence electrons. The minimum absolute atomic E-state index is 0.0200. The highest BCUT2D eigenvalue weighted by Crippen LogP contribution is 2.31. The number of hydrogen-bond acceptors (Lipinski definition) is 6. The molecule has 0 atom stereocenters. The van der Waals surface area contributed by atoms with Crippen molar-refractivity contribution in [2.24, 2.45) is 0 Å². The van der Waals surface area contributed by atoms with Gasteiger partial charge in [-0.3, -0.25) is 14.4 Å². The highest BCUT2D eigenvalue weighted by Gasteiger charge is 2.29. The van der Waals surface area contributed by atoms with Crippen LogP contribution in [0.4, 0.5) is 0 Å². The maximum absolute atomic E-state index is 12.2. The van der Waals surface area contributed by atoms with Crippen molar-refractivity contribution in [2.45, 2.75) is 13.8 Å². The predicted molar refractivity (Wildman–Crippen MR) is 71.5 cm³/mol. The summed E-state index contributed by atoms with van der Waals surface area (Å²) in [6, 6.07) is 2.48. The quantitative estimate of drug-likeness (QED) is 0.608. The van der Waals surface area contributed by atoms with Gasteiger partial charge >= 0.3 is 11.9 Å². The number of hydrogen-bond donors (Lipinski definition) is 0. The molecule has 2 rings (SSSR count). The zero-order chi connectivity index (χ0) is 15.7. The Hall–Kier alpha value is -2.76. The van der Waals surface area contributed by atoms with E-state index in [0.717, 1.165) is 6.92 Å². The Morgan fingerprint density at radius 1 is 1.14 bits per heavy atom. The summed E-state index contributed by atoms with van der Waals surface area (Å²) in [7, 11) is 1.19. The minimum atomic E-state index is -0.696. The van der Waals surface area contributed by atoms with E-state index in [0.29, 0.717) is 0 Å². The summed E-state index contributed by atoms with van der Waals surface area (Å²) in [5.41, 5.74) is 0.291. The van der Waals surface area contributed by atoms with Crippen molar-refractivity contribution >= 4 is 23.5 Å². The third-order valence-electron chi connectivity index (χ3n) is 2.97. The predicted octanol–water partition coefficient (Wildman–Crippen LogP) is 1.72. The smallest absolute Gasteiger partial charge is 0.338 e. The van der Waals surface area contributed by atoms with Crippen molar-refractivity contribution < 1.29 is 28.7 Å². The number of carbonyl (C=O) groups is 4. The van der Waals surface area contributed by atoms with E-state index >= 15 is 0 Å². The summed E-state index contributed by atoms with van der Waals surface area (Å²) in [6.45, 7) is 2.66. The van der Waals surface area contributed by atoms with Crippen molar-refractivity contribution in [3.8, 4) is 5.75 Å². The number of esters is 2. The third-order valence-corrected chi connectivity index (χ3v) is 2.97. The average molecular weight is 288 g/mol. The fourth-order valence-corrected chi connectivity index (χ4v) is 2.07. The molecule has 0 spiro atoms. The summed E-state index contributed by atoms with van der Waals surface area (Å²) in [5, 5.41) is 0. The van der Waals surface area contributed by atoms with Crippen molar-refractivity contribution in [3.05, 3.63) is 40.5 Å². The van der Waals surface area contributed by atoms with E-state index in [9.17, 15) is 19.2 Å². The average Bonchev–Trinajstić information content (AvgIpc) is 2.42. The molecule has 6 nitrogen and oxygen atoms in total. The molecule has 1 aliphatic carbocycles. The van der Waals surface area contributed by atoms with Crippen LogP contribution in [0.25, 0.3) is 0 Å². The molecular weight excluding hydrogens is 276 g/mol. The molecule has 0 saturated carbocycles. The molecule has 0 N–H and O–H groups in total. The minimum Gasteiger partial charge on any atom is -0.465 e. The van der Waals surface area contributed by atoms with Gasteiger partial charge in [-0.25, -0.2) is 4.79 Å². The van der Waals surface area contributed by atoms with Crippen LogP contribution in [0.1, 0.15) is 44.9 Å². The van der Waals surface area contributed by atoms with Gasteiger partial charge in [-0.05, 0) is 25.1 Å². The second kappa shape index (κ2) is 5.32. The Balaban J connectivity index is 2.72. The molecule has 1 aliphatic rings. The van der Waals surface area contributed by atoms with E-state index in [1.54, 1.807) is 0 Å². The highest BCUT2D eigenvalue weighted by molar-refractivity contribution is 6.26. The second-order valence-electron chi connectivity index (χ2n) is 4.50. The van der Waals surface area contributed by atoms with Gasteiger partial charge in [0.25, 0.3) is 0 Å². The zero-order valence-corrected chi connectivity index (χ0v) is 11.7. The normalized spacial score (nSPS) is 13.4. The molecule has 0 bridgehead atoms. The molecule has 0 aromatic heterocycles. The van der Waals surface area contributed by atoms with Gasteiger partial charge in [0.1, 0.15) is 5.75 Å². The highest BCUT2D eigenvalue weighted by atomic mass is 16.5. The Morgan fingerprint density at radius 3 is 2.38 bits per heavy atom. The van der Waals surface area contributed by atoms with Crippen molar-refractivity contribution in [1.82, 2.24) is 0 Å². The first kappa shape index (κ1) is 14.6. The topological polar surface area (TPSA) is 86.7 Å². The Kier molecular flexibility index (Phi) is 3.71. The lowest BCUT2D eigenvalue weighted by molar-refractivity contribution is -0.131. The molecule has 0 amide bonds. The Morgan fingerprint density at radius 2 is 1.81 bits per heavy atom. The van der Waals surface area contributed by atoms with Gasteiger partial charge in [-0.15, -0.1) is 0 Å². The fourth-order valence-electron chi connectivity index (χ4n) is 2.07. The number of fused-ring (bicyclic) bond motifs is 1. The van der Waals surface area contributed by atoms with E-state index in [-0.39, 0.29) is 28.0 Å². The number of carbonyl (C=O) groups excluding carboxylic acids is 4. The summed E-state index contributed by atoms with van der Waals surface area (Å²) in [6.07, 6.45) is 1.18. The van der Waals surface area contributed by atoms with Crippen LogP contribution in [-0.4, -0.2) is 30.6 Å². The monoisotopic (exact) mass is 288 g/mol. The fraction of sp³-hybridized carbons (Fsp3) is 0.200. The van der Waals surface area contributed by atoms with Gasteiger partial charge in [0, 0.05) is 18.1 Å². The van der Waals surface area contributed by atoms with Gasteiger partial charge in [0.2, 0.25) is 0 Å². The van der Waals surface area contributed by atoms with Gasteiger partial charge in [-0.1, -0.05) is 0 Å². The summed E-state index contributed by atoms with van der Waals surface area (Å²) < 4.78 is 9.54. The van der Waals surface area contributed by atoms with Crippen molar-refractivity contribution in [2.75, 3.05) is 7.11 Å². The maximum atomic E-state index is 12.2. The van der Waals surface area contributed by atoms with E-state index < -0.39 is 23.5 Å². The lowest BCUT2D eigenvalue weighted by Crippen LogP contribution is -2.19. The molecule has 0 heterocycles. The van der Waals surface area contributed by atoms with E-state index in [1.165, 1.54) is 32.2 Å². The van der Waals surface area contributed by atoms with Gasteiger partial charge in [0.15, 0.2) is 11.6 Å². The van der Waals surface area contributed by atoms with Crippen molar-refractivity contribution in [1.29, 1.82) is 0 Å². The first-order chi connectivity index (χ1) is 9.85. The summed E-state index contributed by atoms with van der Waals surface area (Å²) in [4.78, 5) is 47.0. The standard InChI is InChI=1S/C15H12O6/c1-7-4-11(17)13-10(14(7)18)5-9(15(19)20-3)6-12(13)21-8(2)16/h4-6H,1-3H3. The molecule has 1 aromatic rings. The lowest BCUT2D eigenvalue weighted by Gasteiger charge is -2.17.